The van der Waals surface area contributed by atoms with Gasteiger partial charge in [-0.1, -0.05) is 24.6 Å². The van der Waals surface area contributed by atoms with E-state index in [-0.39, 0.29) is 57.3 Å². The number of amides is 1. The van der Waals surface area contributed by atoms with Crippen molar-refractivity contribution >= 4 is 67.5 Å². The molecule has 208 valence electrons. The Bertz CT molecular complexity index is 1610. The molecule has 1 aromatic heterocycles. The third-order valence-corrected chi connectivity index (χ3v) is 8.09. The Kier molecular flexibility index (Phi) is 8.73. The maximum Gasteiger partial charge on any atom is 0.298 e. The largest absolute Gasteiger partial charge is 0.454 e. The van der Waals surface area contributed by atoms with Crippen LogP contribution in [0.15, 0.2) is 41.2 Å². The van der Waals surface area contributed by atoms with Crippen molar-refractivity contribution in [2.75, 3.05) is 17.1 Å². The quantitative estimate of drug-likeness (QED) is 0.230. The van der Waals surface area contributed by atoms with Gasteiger partial charge in [-0.3, -0.25) is 18.9 Å². The summed E-state index contributed by atoms with van der Waals surface area (Å²) in [5.41, 5.74) is -0.219. The van der Waals surface area contributed by atoms with Crippen LogP contribution in [0, 0.1) is 9.39 Å². The van der Waals surface area contributed by atoms with E-state index in [1.807, 2.05) is 22.6 Å². The molecule has 1 fully saturated rings. The summed E-state index contributed by atoms with van der Waals surface area (Å²) in [6.45, 7) is 1.73. The van der Waals surface area contributed by atoms with Crippen molar-refractivity contribution in [3.05, 3.63) is 72.3 Å². The summed E-state index contributed by atoms with van der Waals surface area (Å²) in [4.78, 5) is 27.0. The minimum absolute atomic E-state index is 0.00258. The molecular formula is C25H26ClFIN5O5S. The molecule has 1 saturated carbocycles. The van der Waals surface area contributed by atoms with Crippen LogP contribution in [0.5, 0.6) is 11.5 Å². The van der Waals surface area contributed by atoms with E-state index in [1.165, 1.54) is 49.0 Å². The van der Waals surface area contributed by atoms with Crippen molar-refractivity contribution in [2.24, 2.45) is 7.05 Å². The molecule has 39 heavy (non-hydrogen) atoms. The SMILES string of the molecule is CCc1c(Oc2cccc(NS(=O)(=O)NC)c2Cl)c(C(=O)NC2CC2)c(Nc2ccc(I)cc2F)n(C)c1=O. The second-order valence-corrected chi connectivity index (χ2v) is 12.0. The number of nitrogens with one attached hydrogen (secondary N) is 4. The van der Waals surface area contributed by atoms with E-state index >= 15 is 0 Å². The molecule has 2 aromatic carbocycles. The molecule has 1 heterocycles. The van der Waals surface area contributed by atoms with Gasteiger partial charge < -0.3 is 15.4 Å². The molecule has 4 rings (SSSR count). The average Bonchev–Trinajstić information content (AvgIpc) is 3.70. The van der Waals surface area contributed by atoms with Gasteiger partial charge in [-0.25, -0.2) is 9.11 Å². The summed E-state index contributed by atoms with van der Waals surface area (Å²) < 4.78 is 51.3. The van der Waals surface area contributed by atoms with Crippen molar-refractivity contribution in [1.29, 1.82) is 0 Å². The van der Waals surface area contributed by atoms with E-state index in [4.69, 9.17) is 16.3 Å². The molecule has 0 spiro atoms. The van der Waals surface area contributed by atoms with Crippen LogP contribution >= 0.6 is 34.2 Å². The molecule has 1 aliphatic carbocycles. The van der Waals surface area contributed by atoms with Crippen molar-refractivity contribution in [3.63, 3.8) is 0 Å². The number of anilines is 3. The van der Waals surface area contributed by atoms with Gasteiger partial charge in [0.25, 0.3) is 21.7 Å². The number of rotatable bonds is 10. The summed E-state index contributed by atoms with van der Waals surface area (Å²) in [5.74, 6) is -1.13. The highest BCUT2D eigenvalue weighted by Crippen LogP contribution is 2.40. The van der Waals surface area contributed by atoms with Crippen LogP contribution in [0.2, 0.25) is 5.02 Å². The molecule has 0 aliphatic heterocycles. The molecular weight excluding hydrogens is 664 g/mol. The van der Waals surface area contributed by atoms with Gasteiger partial charge in [0.2, 0.25) is 0 Å². The normalized spacial score (nSPS) is 13.2. The van der Waals surface area contributed by atoms with Gasteiger partial charge in [0, 0.05) is 23.7 Å². The molecule has 10 nitrogen and oxygen atoms in total. The smallest absolute Gasteiger partial charge is 0.298 e. The maximum atomic E-state index is 14.8. The number of halogens is 3. The highest BCUT2D eigenvalue weighted by Gasteiger charge is 2.31. The first-order valence-electron chi connectivity index (χ1n) is 11.9. The summed E-state index contributed by atoms with van der Waals surface area (Å²) in [5, 5.41) is 5.72. The lowest BCUT2D eigenvalue weighted by molar-refractivity contribution is 0.0948. The lowest BCUT2D eigenvalue weighted by atomic mass is 10.1. The fraction of sp³-hybridized carbons (Fsp3) is 0.280. The Labute approximate surface area is 243 Å². The molecule has 4 N–H and O–H groups in total. The van der Waals surface area contributed by atoms with Gasteiger partial charge in [-0.05, 0) is 72.2 Å². The van der Waals surface area contributed by atoms with Crippen molar-refractivity contribution in [3.8, 4) is 11.5 Å². The molecule has 14 heteroatoms. The predicted molar refractivity (Wildman–Crippen MR) is 157 cm³/mol. The van der Waals surface area contributed by atoms with Gasteiger partial charge in [0.15, 0.2) is 5.75 Å². The van der Waals surface area contributed by atoms with Gasteiger partial charge in [0.1, 0.15) is 28.0 Å². The summed E-state index contributed by atoms with van der Waals surface area (Å²) >= 11 is 8.47. The topological polar surface area (TPSA) is 131 Å². The van der Waals surface area contributed by atoms with Crippen molar-refractivity contribution in [2.45, 2.75) is 32.2 Å². The lowest BCUT2D eigenvalue weighted by Crippen LogP contribution is -2.32. The fourth-order valence-corrected chi connectivity index (χ4v) is 5.07. The molecule has 0 atom stereocenters. The number of aromatic nitrogens is 1. The minimum atomic E-state index is -3.89. The molecule has 0 radical (unpaired) electrons. The van der Waals surface area contributed by atoms with Gasteiger partial charge in [0.05, 0.1) is 16.9 Å². The number of carbonyl (C=O) groups excluding carboxylic acids is 1. The number of benzene rings is 2. The molecule has 1 amide bonds. The van der Waals surface area contributed by atoms with Crippen molar-refractivity contribution in [1.82, 2.24) is 14.6 Å². The van der Waals surface area contributed by atoms with Crippen LogP contribution in [0.4, 0.5) is 21.6 Å². The van der Waals surface area contributed by atoms with Gasteiger partial charge >= 0.3 is 0 Å². The molecule has 0 bridgehead atoms. The number of hydrogen-bond acceptors (Lipinski definition) is 6. The number of ether oxygens (including phenoxy) is 1. The Hall–Kier alpha value is -2.88. The standard InChI is InChI=1S/C25H26ClFIN5O5S/c1-4-15-22(38-19-7-5-6-18(21(19)26)32-39(36,37)29-2)20(24(34)30-14-9-10-14)23(33(3)25(15)35)31-17-11-8-13(28)12-16(17)27/h5-8,11-12,14,29,31-32H,4,9-10H2,1-3H3,(H,30,34). The molecule has 0 unspecified atom stereocenters. The number of carbonyl (C=O) groups is 1. The summed E-state index contributed by atoms with van der Waals surface area (Å²) in [6.07, 6.45) is 1.82. The summed E-state index contributed by atoms with van der Waals surface area (Å²) in [7, 11) is -1.18. The highest BCUT2D eigenvalue weighted by molar-refractivity contribution is 14.1. The molecule has 3 aromatic rings. The van der Waals surface area contributed by atoms with E-state index in [0.717, 1.165) is 12.8 Å². The third kappa shape index (κ3) is 6.48. The van der Waals surface area contributed by atoms with Crippen LogP contribution in [0.1, 0.15) is 35.7 Å². The van der Waals surface area contributed by atoms with Crippen LogP contribution in [-0.2, 0) is 23.7 Å². The second-order valence-electron chi connectivity index (χ2n) is 8.78. The zero-order valence-corrected chi connectivity index (χ0v) is 24.9. The van der Waals surface area contributed by atoms with E-state index in [2.05, 4.69) is 20.1 Å². The van der Waals surface area contributed by atoms with Crippen LogP contribution in [0.3, 0.4) is 0 Å². The zero-order valence-electron chi connectivity index (χ0n) is 21.2. The lowest BCUT2D eigenvalue weighted by Gasteiger charge is -2.22. The van der Waals surface area contributed by atoms with E-state index in [0.29, 0.717) is 3.57 Å². The third-order valence-electron chi connectivity index (χ3n) is 6.00. The monoisotopic (exact) mass is 689 g/mol. The Morgan fingerprint density at radius 2 is 1.95 bits per heavy atom. The Morgan fingerprint density at radius 1 is 1.23 bits per heavy atom. The maximum absolute atomic E-state index is 14.8. The first kappa shape index (κ1) is 29.1. The van der Waals surface area contributed by atoms with Crippen molar-refractivity contribution < 1.29 is 22.3 Å². The van der Waals surface area contributed by atoms with E-state index < -0.39 is 27.5 Å². The second kappa shape index (κ2) is 11.7. The number of pyridine rings is 1. The van der Waals surface area contributed by atoms with E-state index in [9.17, 15) is 22.4 Å². The van der Waals surface area contributed by atoms with Gasteiger partial charge in [-0.15, -0.1) is 0 Å². The van der Waals surface area contributed by atoms with Crippen LogP contribution in [0.25, 0.3) is 0 Å². The van der Waals surface area contributed by atoms with E-state index in [1.54, 1.807) is 13.0 Å². The molecule has 1 aliphatic rings. The Balaban J connectivity index is 1.91. The molecule has 0 saturated heterocycles. The predicted octanol–water partition coefficient (Wildman–Crippen LogP) is 4.65. The fourth-order valence-electron chi connectivity index (χ4n) is 3.79. The average molecular weight is 690 g/mol. The highest BCUT2D eigenvalue weighted by atomic mass is 127. The Morgan fingerprint density at radius 3 is 2.56 bits per heavy atom. The zero-order chi connectivity index (χ0) is 28.5. The summed E-state index contributed by atoms with van der Waals surface area (Å²) in [6, 6.07) is 8.90. The first-order valence-corrected chi connectivity index (χ1v) is 14.9. The number of hydrogen-bond donors (Lipinski definition) is 4. The first-order chi connectivity index (χ1) is 18.5. The minimum Gasteiger partial charge on any atom is -0.454 e. The van der Waals surface area contributed by atoms with Gasteiger partial charge in [-0.2, -0.15) is 8.42 Å². The number of nitrogens with zero attached hydrogens (tertiary/aromatic N) is 1. The van der Waals surface area contributed by atoms with Crippen LogP contribution in [-0.4, -0.2) is 32.0 Å². The van der Waals surface area contributed by atoms with Crippen LogP contribution < -0.4 is 30.4 Å².